The lowest BCUT2D eigenvalue weighted by molar-refractivity contribution is -0.133. The largest absolute Gasteiger partial charge is 0.504 e. The number of rotatable bonds is 3. The van der Waals surface area contributed by atoms with Gasteiger partial charge in [0, 0.05) is 12.8 Å². The van der Waals surface area contributed by atoms with E-state index in [2.05, 4.69) is 0 Å². The summed E-state index contributed by atoms with van der Waals surface area (Å²) in [5.41, 5.74) is 0.488. The van der Waals surface area contributed by atoms with Crippen molar-refractivity contribution in [3.63, 3.8) is 0 Å². The Morgan fingerprint density at radius 3 is 2.32 bits per heavy atom. The summed E-state index contributed by atoms with van der Waals surface area (Å²) in [6, 6.07) is 4.06. The van der Waals surface area contributed by atoms with Crippen LogP contribution in [0.2, 0.25) is 0 Å². The minimum absolute atomic E-state index is 0.128. The van der Waals surface area contributed by atoms with Gasteiger partial charge in [0.15, 0.2) is 28.8 Å². The average molecular weight is 260 g/mol. The molecule has 0 aromatic heterocycles. The van der Waals surface area contributed by atoms with E-state index in [4.69, 9.17) is 5.11 Å². The van der Waals surface area contributed by atoms with E-state index in [9.17, 15) is 19.5 Å². The summed E-state index contributed by atoms with van der Waals surface area (Å²) in [5, 5.41) is 18.4. The van der Waals surface area contributed by atoms with E-state index in [1.807, 2.05) is 0 Å². The van der Waals surface area contributed by atoms with E-state index < -0.39 is 11.7 Å². The van der Waals surface area contributed by atoms with Gasteiger partial charge in [0.25, 0.3) is 0 Å². The van der Waals surface area contributed by atoms with Crippen LogP contribution in [0.25, 0.3) is 6.08 Å². The molecule has 1 aliphatic rings. The molecule has 0 atom stereocenters. The van der Waals surface area contributed by atoms with Crippen LogP contribution in [0.4, 0.5) is 0 Å². The van der Waals surface area contributed by atoms with Gasteiger partial charge in [-0.25, -0.2) is 0 Å². The summed E-state index contributed by atoms with van der Waals surface area (Å²) in [5.74, 6) is -2.95. The van der Waals surface area contributed by atoms with Crippen LogP contribution in [0, 0.1) is 5.92 Å². The molecule has 19 heavy (non-hydrogen) atoms. The third kappa shape index (κ3) is 2.70. The number of allylic oxidation sites excluding steroid dienone is 1. The number of aromatic hydroxyl groups is 2. The van der Waals surface area contributed by atoms with Crippen molar-refractivity contribution in [3.8, 4) is 11.5 Å². The van der Waals surface area contributed by atoms with Crippen molar-refractivity contribution >= 4 is 23.4 Å². The first-order chi connectivity index (χ1) is 8.99. The maximum atomic E-state index is 11.8. The standard InChI is InChI=1S/C14H12O5/c15-9-3-1-8(7-13(9)19)2-4-10(16)14-11(17)5-6-12(14)18/h1-4,7,14-15,19H,5-6H2/b4-2+. The van der Waals surface area contributed by atoms with Crippen molar-refractivity contribution in [3.05, 3.63) is 29.8 Å². The number of phenolic OH excluding ortho intramolecular Hbond substituents is 2. The van der Waals surface area contributed by atoms with Crippen molar-refractivity contribution in [2.24, 2.45) is 5.92 Å². The molecule has 98 valence electrons. The smallest absolute Gasteiger partial charge is 0.173 e. The molecule has 0 radical (unpaired) electrons. The van der Waals surface area contributed by atoms with Crippen LogP contribution in [-0.2, 0) is 14.4 Å². The van der Waals surface area contributed by atoms with Crippen LogP contribution >= 0.6 is 0 Å². The molecule has 2 N–H and O–H groups in total. The van der Waals surface area contributed by atoms with Gasteiger partial charge in [0.05, 0.1) is 0 Å². The molecule has 0 unspecified atom stereocenters. The monoisotopic (exact) mass is 260 g/mol. The Morgan fingerprint density at radius 1 is 1.11 bits per heavy atom. The fourth-order valence-electron chi connectivity index (χ4n) is 1.95. The minimum atomic E-state index is -1.16. The number of carbonyl (C=O) groups is 3. The zero-order valence-electron chi connectivity index (χ0n) is 10.00. The van der Waals surface area contributed by atoms with Crippen molar-refractivity contribution < 1.29 is 24.6 Å². The molecule has 0 saturated heterocycles. The highest BCUT2D eigenvalue weighted by atomic mass is 16.3. The lowest BCUT2D eigenvalue weighted by Gasteiger charge is -2.01. The minimum Gasteiger partial charge on any atom is -0.504 e. The summed E-state index contributed by atoms with van der Waals surface area (Å²) in [4.78, 5) is 34.5. The summed E-state index contributed by atoms with van der Waals surface area (Å²) in [6.07, 6.45) is 2.80. The lowest BCUT2D eigenvalue weighted by atomic mass is 9.99. The second-order valence-electron chi connectivity index (χ2n) is 4.35. The summed E-state index contributed by atoms with van der Waals surface area (Å²) in [6.45, 7) is 0. The second-order valence-corrected chi connectivity index (χ2v) is 4.35. The van der Waals surface area contributed by atoms with Crippen LogP contribution in [0.3, 0.4) is 0 Å². The number of ketones is 3. The summed E-state index contributed by atoms with van der Waals surface area (Å²) < 4.78 is 0. The number of phenols is 2. The zero-order chi connectivity index (χ0) is 14.0. The number of carbonyl (C=O) groups excluding carboxylic acids is 3. The van der Waals surface area contributed by atoms with E-state index >= 15 is 0 Å². The van der Waals surface area contributed by atoms with Gasteiger partial charge in [-0.05, 0) is 23.8 Å². The predicted octanol–water partition coefficient (Wildman–Crippen LogP) is 1.23. The van der Waals surface area contributed by atoms with Crippen LogP contribution in [-0.4, -0.2) is 27.6 Å². The van der Waals surface area contributed by atoms with Crippen molar-refractivity contribution in [2.45, 2.75) is 12.8 Å². The fraction of sp³-hybridized carbons (Fsp3) is 0.214. The van der Waals surface area contributed by atoms with E-state index in [0.29, 0.717) is 5.56 Å². The predicted molar refractivity (Wildman–Crippen MR) is 66.6 cm³/mol. The SMILES string of the molecule is O=C(/C=C/c1ccc(O)c(O)c1)C1C(=O)CCC1=O. The molecule has 0 aliphatic heterocycles. The summed E-state index contributed by atoms with van der Waals surface area (Å²) in [7, 11) is 0. The Kier molecular flexibility index (Phi) is 3.46. The Hall–Kier alpha value is -2.43. The average Bonchev–Trinajstić information content (AvgIpc) is 2.70. The first kappa shape index (κ1) is 13.0. The van der Waals surface area contributed by atoms with E-state index in [1.165, 1.54) is 24.3 Å². The van der Waals surface area contributed by atoms with Crippen LogP contribution in [0.5, 0.6) is 11.5 Å². The molecule has 0 spiro atoms. The molecule has 0 heterocycles. The number of benzene rings is 1. The Bertz CT molecular complexity index is 569. The second kappa shape index (κ2) is 5.06. The highest BCUT2D eigenvalue weighted by Crippen LogP contribution is 2.25. The normalized spacial score (nSPS) is 16.4. The van der Waals surface area contributed by atoms with Gasteiger partial charge in [0.1, 0.15) is 5.92 Å². The molecule has 1 aliphatic carbocycles. The van der Waals surface area contributed by atoms with Gasteiger partial charge in [-0.3, -0.25) is 14.4 Å². The quantitative estimate of drug-likeness (QED) is 0.484. The Morgan fingerprint density at radius 2 is 1.74 bits per heavy atom. The number of hydrogen-bond acceptors (Lipinski definition) is 5. The zero-order valence-corrected chi connectivity index (χ0v) is 10.00. The molecule has 2 rings (SSSR count). The van der Waals surface area contributed by atoms with Gasteiger partial charge >= 0.3 is 0 Å². The molecule has 5 heteroatoms. The van der Waals surface area contributed by atoms with Gasteiger partial charge in [0.2, 0.25) is 0 Å². The first-order valence-electron chi connectivity index (χ1n) is 5.78. The van der Waals surface area contributed by atoms with Crippen LogP contribution in [0.1, 0.15) is 18.4 Å². The molecule has 1 aromatic carbocycles. The van der Waals surface area contributed by atoms with Crippen molar-refractivity contribution in [1.82, 2.24) is 0 Å². The van der Waals surface area contributed by atoms with Crippen LogP contribution in [0.15, 0.2) is 24.3 Å². The van der Waals surface area contributed by atoms with E-state index in [0.717, 1.165) is 6.08 Å². The van der Waals surface area contributed by atoms with Crippen LogP contribution < -0.4 is 0 Å². The first-order valence-corrected chi connectivity index (χ1v) is 5.78. The highest BCUT2D eigenvalue weighted by molar-refractivity contribution is 6.26. The molecular formula is C14H12O5. The number of hydrogen-bond donors (Lipinski definition) is 2. The lowest BCUT2D eigenvalue weighted by Crippen LogP contribution is -2.23. The molecule has 1 fully saturated rings. The van der Waals surface area contributed by atoms with Gasteiger partial charge < -0.3 is 10.2 Å². The van der Waals surface area contributed by atoms with E-state index in [1.54, 1.807) is 0 Å². The molecular weight excluding hydrogens is 248 g/mol. The molecule has 0 amide bonds. The topological polar surface area (TPSA) is 91.7 Å². The maximum absolute atomic E-state index is 11.8. The molecule has 1 saturated carbocycles. The van der Waals surface area contributed by atoms with Gasteiger partial charge in [-0.1, -0.05) is 12.1 Å². The van der Waals surface area contributed by atoms with Crippen molar-refractivity contribution in [1.29, 1.82) is 0 Å². The van der Waals surface area contributed by atoms with Gasteiger partial charge in [-0.15, -0.1) is 0 Å². The highest BCUT2D eigenvalue weighted by Gasteiger charge is 2.37. The van der Waals surface area contributed by atoms with Gasteiger partial charge in [-0.2, -0.15) is 0 Å². The fourth-order valence-corrected chi connectivity index (χ4v) is 1.95. The third-order valence-electron chi connectivity index (χ3n) is 2.99. The van der Waals surface area contributed by atoms with E-state index in [-0.39, 0.29) is 35.9 Å². The number of Topliss-reactive ketones (excluding diaryl/α,β-unsaturated/α-hetero) is 2. The Labute approximate surface area is 109 Å². The van der Waals surface area contributed by atoms with Crippen molar-refractivity contribution in [2.75, 3.05) is 0 Å². The maximum Gasteiger partial charge on any atom is 0.173 e. The molecule has 1 aromatic rings. The molecule has 5 nitrogen and oxygen atoms in total. The summed E-state index contributed by atoms with van der Waals surface area (Å²) >= 11 is 0. The third-order valence-corrected chi connectivity index (χ3v) is 2.99. The Balaban J connectivity index is 2.14. The molecule has 0 bridgehead atoms.